The van der Waals surface area contributed by atoms with Crippen LogP contribution in [0.3, 0.4) is 0 Å². The van der Waals surface area contributed by atoms with Gasteiger partial charge in [0, 0.05) is 18.8 Å². The maximum Gasteiger partial charge on any atom is 0.338 e. The maximum atomic E-state index is 13.3. The number of aliphatic hydroxyl groups is 1. The summed E-state index contributed by atoms with van der Waals surface area (Å²) in [7, 11) is 0. The Bertz CT molecular complexity index is 1000. The van der Waals surface area contributed by atoms with Gasteiger partial charge in [-0.3, -0.25) is 4.79 Å². The van der Waals surface area contributed by atoms with Crippen LogP contribution in [0.4, 0.5) is 0 Å². The minimum Gasteiger partial charge on any atom is -0.458 e. The lowest BCUT2D eigenvalue weighted by molar-refractivity contribution is -0.170. The van der Waals surface area contributed by atoms with Gasteiger partial charge in [0.15, 0.2) is 0 Å². The Morgan fingerprint density at radius 1 is 1.00 bits per heavy atom. The third-order valence-electron chi connectivity index (χ3n) is 12.2. The molecule has 1 N–H and O–H groups in total. The molecule has 0 saturated heterocycles. The van der Waals surface area contributed by atoms with Crippen molar-refractivity contribution in [3.05, 3.63) is 35.9 Å². The molecule has 0 bridgehead atoms. The number of ketones is 1. The lowest BCUT2D eigenvalue weighted by atomic mass is 9.43. The molecule has 210 valence electrons. The fourth-order valence-corrected chi connectivity index (χ4v) is 9.83. The maximum absolute atomic E-state index is 13.3. The summed E-state index contributed by atoms with van der Waals surface area (Å²) in [5, 5.41) is 10.5. The largest absolute Gasteiger partial charge is 0.458 e. The van der Waals surface area contributed by atoms with E-state index in [2.05, 4.69) is 34.6 Å². The molecule has 4 aliphatic carbocycles. The minimum atomic E-state index is -0.218. The molecule has 4 nitrogen and oxygen atoms in total. The van der Waals surface area contributed by atoms with Crippen molar-refractivity contribution in [1.82, 2.24) is 0 Å². The van der Waals surface area contributed by atoms with Gasteiger partial charge in [-0.05, 0) is 110 Å². The normalized spacial score (nSPS) is 40.1. The van der Waals surface area contributed by atoms with Crippen LogP contribution in [0.5, 0.6) is 0 Å². The molecule has 4 fully saturated rings. The van der Waals surface area contributed by atoms with Crippen LogP contribution in [-0.2, 0) is 9.53 Å². The second-order valence-electron chi connectivity index (χ2n) is 14.4. The van der Waals surface area contributed by atoms with Crippen molar-refractivity contribution < 1.29 is 19.4 Å². The summed E-state index contributed by atoms with van der Waals surface area (Å²) in [6.45, 7) is 11.6. The molecule has 0 radical (unpaired) electrons. The van der Waals surface area contributed by atoms with E-state index in [0.29, 0.717) is 65.6 Å². The third-order valence-corrected chi connectivity index (χ3v) is 12.2. The zero-order valence-corrected chi connectivity index (χ0v) is 24.3. The van der Waals surface area contributed by atoms with Gasteiger partial charge < -0.3 is 9.84 Å². The Morgan fingerprint density at radius 3 is 2.42 bits per heavy atom. The van der Waals surface area contributed by atoms with Crippen LogP contribution in [0, 0.1) is 52.3 Å². The Labute approximate surface area is 230 Å². The van der Waals surface area contributed by atoms with Gasteiger partial charge >= 0.3 is 5.97 Å². The molecule has 4 heteroatoms. The van der Waals surface area contributed by atoms with Gasteiger partial charge in [-0.2, -0.15) is 0 Å². The summed E-state index contributed by atoms with van der Waals surface area (Å²) in [6.07, 6.45) is 9.67. The summed E-state index contributed by atoms with van der Waals surface area (Å²) in [6, 6.07) is 9.42. The van der Waals surface area contributed by atoms with Gasteiger partial charge in [0.25, 0.3) is 0 Å². The van der Waals surface area contributed by atoms with Gasteiger partial charge in [0.1, 0.15) is 11.9 Å². The first-order valence-electron chi connectivity index (χ1n) is 15.5. The Kier molecular flexibility index (Phi) is 7.86. The highest BCUT2D eigenvalue weighted by Crippen LogP contribution is 2.68. The number of hydrogen-bond acceptors (Lipinski definition) is 4. The van der Waals surface area contributed by atoms with E-state index >= 15 is 0 Å². The molecule has 38 heavy (non-hydrogen) atoms. The van der Waals surface area contributed by atoms with Crippen LogP contribution < -0.4 is 0 Å². The Hall–Kier alpha value is -1.68. The van der Waals surface area contributed by atoms with E-state index in [4.69, 9.17) is 4.74 Å². The molecular weight excluding hydrogens is 472 g/mol. The molecule has 4 saturated carbocycles. The number of rotatable bonds is 7. The highest BCUT2D eigenvalue weighted by atomic mass is 16.5. The Balaban J connectivity index is 1.41. The van der Waals surface area contributed by atoms with Crippen molar-refractivity contribution in [2.75, 3.05) is 0 Å². The van der Waals surface area contributed by atoms with Crippen molar-refractivity contribution in [3.63, 3.8) is 0 Å². The first-order valence-corrected chi connectivity index (χ1v) is 15.5. The highest BCUT2D eigenvalue weighted by molar-refractivity contribution is 5.89. The van der Waals surface area contributed by atoms with Gasteiger partial charge in [-0.15, -0.1) is 0 Å². The average Bonchev–Trinajstić information content (AvgIpc) is 3.25. The van der Waals surface area contributed by atoms with Gasteiger partial charge in [-0.25, -0.2) is 4.79 Å². The molecule has 10 atom stereocenters. The lowest BCUT2D eigenvalue weighted by Gasteiger charge is -2.62. The van der Waals surface area contributed by atoms with E-state index in [-0.39, 0.29) is 29.0 Å². The van der Waals surface area contributed by atoms with E-state index in [1.54, 1.807) is 0 Å². The van der Waals surface area contributed by atoms with E-state index < -0.39 is 0 Å². The standard InChI is InChI=1S/C34H50O4/c1-21(2)29(36)14-11-22(3)26-12-13-27-31-28(16-18-34(26,27)5)33(4)17-15-25(35)19-24(33)20-30(31)38-32(37)23-9-7-6-8-10-23/h6-10,21-22,24,26-31,36H,11-20H2,1-5H3/t22-,24-,26-,27+,28+,29-,30-,31+,33+,34-/m1/s1. The average molecular weight is 523 g/mol. The van der Waals surface area contributed by atoms with E-state index in [9.17, 15) is 14.7 Å². The summed E-state index contributed by atoms with van der Waals surface area (Å²) in [5.41, 5.74) is 1.03. The number of Topliss-reactive ketones (excluding diaryl/α,β-unsaturated/α-hetero) is 1. The first kappa shape index (κ1) is 27.9. The van der Waals surface area contributed by atoms with Crippen molar-refractivity contribution >= 4 is 11.8 Å². The van der Waals surface area contributed by atoms with Crippen molar-refractivity contribution in [3.8, 4) is 0 Å². The fourth-order valence-electron chi connectivity index (χ4n) is 9.83. The fraction of sp³-hybridized carbons (Fsp3) is 0.765. The molecule has 0 aromatic heterocycles. The van der Waals surface area contributed by atoms with E-state index in [1.165, 1.54) is 25.7 Å². The summed E-state index contributed by atoms with van der Waals surface area (Å²) >= 11 is 0. The molecule has 4 aliphatic rings. The number of fused-ring (bicyclic) bond motifs is 5. The molecule has 1 aromatic rings. The van der Waals surface area contributed by atoms with Crippen LogP contribution in [0.15, 0.2) is 30.3 Å². The van der Waals surface area contributed by atoms with Crippen LogP contribution >= 0.6 is 0 Å². The van der Waals surface area contributed by atoms with Crippen molar-refractivity contribution in [2.45, 2.75) is 111 Å². The predicted molar refractivity (Wildman–Crippen MR) is 150 cm³/mol. The quantitative estimate of drug-likeness (QED) is 0.377. The van der Waals surface area contributed by atoms with Crippen LogP contribution in [0.2, 0.25) is 0 Å². The number of aliphatic hydroxyl groups excluding tert-OH is 1. The highest BCUT2D eigenvalue weighted by Gasteiger charge is 2.63. The number of carbonyl (C=O) groups is 2. The number of benzene rings is 1. The molecule has 0 spiro atoms. The number of hydrogen-bond donors (Lipinski definition) is 1. The van der Waals surface area contributed by atoms with Gasteiger partial charge in [0.2, 0.25) is 0 Å². The molecule has 1 aromatic carbocycles. The number of ether oxygens (including phenoxy) is 1. The van der Waals surface area contributed by atoms with Gasteiger partial charge in [0.05, 0.1) is 11.7 Å². The van der Waals surface area contributed by atoms with E-state index in [1.807, 2.05) is 30.3 Å². The second-order valence-corrected chi connectivity index (χ2v) is 14.4. The van der Waals surface area contributed by atoms with Crippen molar-refractivity contribution in [1.29, 1.82) is 0 Å². The third kappa shape index (κ3) is 4.88. The monoisotopic (exact) mass is 522 g/mol. The first-order chi connectivity index (χ1) is 18.0. The smallest absolute Gasteiger partial charge is 0.338 e. The van der Waals surface area contributed by atoms with Crippen LogP contribution in [0.25, 0.3) is 0 Å². The predicted octanol–water partition coefficient (Wildman–Crippen LogP) is 7.48. The van der Waals surface area contributed by atoms with Crippen LogP contribution in [-0.4, -0.2) is 29.1 Å². The molecule has 0 aliphatic heterocycles. The molecule has 0 unspecified atom stereocenters. The zero-order chi connectivity index (χ0) is 27.2. The number of esters is 1. The second kappa shape index (κ2) is 10.7. The SMILES string of the molecule is CC(C)[C@H](O)CC[C@@H](C)[C@H]1CC[C@H]2[C@@H]3[C@H](OC(=O)c4ccccc4)C[C@H]4CC(=O)CC[C@]4(C)[C@H]3CC[C@]12C. The Morgan fingerprint density at radius 2 is 1.71 bits per heavy atom. The van der Waals surface area contributed by atoms with E-state index in [0.717, 1.165) is 25.7 Å². The summed E-state index contributed by atoms with van der Waals surface area (Å²) < 4.78 is 6.45. The molecule has 5 rings (SSSR count). The summed E-state index contributed by atoms with van der Waals surface area (Å²) in [5.74, 6) is 3.46. The molecule has 0 amide bonds. The van der Waals surface area contributed by atoms with Crippen LogP contribution in [0.1, 0.15) is 109 Å². The zero-order valence-electron chi connectivity index (χ0n) is 24.3. The van der Waals surface area contributed by atoms with Gasteiger partial charge in [-0.1, -0.05) is 52.8 Å². The summed E-state index contributed by atoms with van der Waals surface area (Å²) in [4.78, 5) is 25.9. The lowest BCUT2D eigenvalue weighted by Crippen LogP contribution is -2.59. The molecule has 0 heterocycles. The topological polar surface area (TPSA) is 63.6 Å². The molecular formula is C34H50O4. The minimum absolute atomic E-state index is 0.113. The number of carbonyl (C=O) groups excluding carboxylic acids is 2. The van der Waals surface area contributed by atoms with Crippen molar-refractivity contribution in [2.24, 2.45) is 52.3 Å².